The Hall–Kier alpha value is -3.25. The number of anilines is 1. The van der Waals surface area contributed by atoms with E-state index >= 15 is 0 Å². The van der Waals surface area contributed by atoms with Crippen molar-refractivity contribution >= 4 is 29.4 Å². The van der Waals surface area contributed by atoms with Gasteiger partial charge < -0.3 is 20.3 Å². The predicted octanol–water partition coefficient (Wildman–Crippen LogP) is 4.11. The van der Waals surface area contributed by atoms with Crippen LogP contribution in [0.5, 0.6) is 0 Å². The van der Waals surface area contributed by atoms with E-state index in [1.165, 1.54) is 6.07 Å². The molecule has 1 saturated heterocycles. The van der Waals surface area contributed by atoms with Gasteiger partial charge in [0.1, 0.15) is 30.1 Å². The molecule has 0 saturated carbocycles. The number of halogens is 1. The van der Waals surface area contributed by atoms with Crippen LogP contribution in [0.2, 0.25) is 0 Å². The van der Waals surface area contributed by atoms with Crippen molar-refractivity contribution in [3.05, 3.63) is 65.5 Å². The van der Waals surface area contributed by atoms with Gasteiger partial charge in [-0.25, -0.2) is 9.18 Å². The number of alkyl carbamates (subject to hydrolysis) is 1. The number of nitrogens with one attached hydrogen (secondary N) is 2. The molecule has 0 bridgehead atoms. The average molecular weight is 471 g/mol. The van der Waals surface area contributed by atoms with Gasteiger partial charge in [0.05, 0.1) is 11.6 Å². The quantitative estimate of drug-likeness (QED) is 0.508. The number of thioether (sulfide) groups is 1. The molecule has 0 aromatic heterocycles. The molecule has 0 unspecified atom stereocenters. The number of carbonyl (C=O) groups is 2. The molecular weight excluding hydrogens is 443 g/mol. The van der Waals surface area contributed by atoms with Crippen molar-refractivity contribution in [1.29, 1.82) is 5.26 Å². The average Bonchev–Trinajstić information content (AvgIpc) is 3.37. The third kappa shape index (κ3) is 7.39. The van der Waals surface area contributed by atoms with Gasteiger partial charge in [0.25, 0.3) is 0 Å². The Bertz CT molecular complexity index is 977. The first kappa shape index (κ1) is 24.4. The number of unbranched alkanes of at least 4 members (excludes halogenated alkanes) is 1. The van der Waals surface area contributed by atoms with Crippen LogP contribution in [0.4, 0.5) is 14.9 Å². The van der Waals surface area contributed by atoms with Gasteiger partial charge in [0.2, 0.25) is 5.91 Å². The first-order valence-corrected chi connectivity index (χ1v) is 12.0. The summed E-state index contributed by atoms with van der Waals surface area (Å²) in [5.74, 6) is 0.834. The molecule has 2 amide bonds. The molecule has 2 aromatic rings. The number of nitriles is 1. The van der Waals surface area contributed by atoms with Crippen LogP contribution in [0.1, 0.15) is 30.4 Å². The molecule has 3 rings (SSSR count). The number of rotatable bonds is 10. The summed E-state index contributed by atoms with van der Waals surface area (Å²) in [6.07, 6.45) is 1.16. The van der Waals surface area contributed by atoms with E-state index in [0.29, 0.717) is 43.9 Å². The van der Waals surface area contributed by atoms with Crippen LogP contribution < -0.4 is 10.6 Å². The molecule has 0 aliphatic carbocycles. The highest BCUT2D eigenvalue weighted by Gasteiger charge is 2.28. The van der Waals surface area contributed by atoms with E-state index in [2.05, 4.69) is 10.6 Å². The van der Waals surface area contributed by atoms with Crippen molar-refractivity contribution in [3.8, 4) is 6.07 Å². The second kappa shape index (κ2) is 12.7. The number of nitrogens with zero attached hydrogens (tertiary/aromatic N) is 2. The molecule has 0 spiro atoms. The standard InChI is InChI=1S/C24H27FN4O3S/c25-20-9-6-11-21(19(20)15-26)27-12-5-4-10-22(23(30)29-13-14-33-17-29)28-24(31)32-16-18-7-2-1-3-8-18/h1-3,6-9,11,22,27H,4-5,10,12-14,16-17H2,(H,28,31)/t22-/m0/s1. The number of ether oxygens (including phenoxy) is 1. The summed E-state index contributed by atoms with van der Waals surface area (Å²) in [5.41, 5.74) is 1.30. The Morgan fingerprint density at radius 1 is 1.18 bits per heavy atom. The SMILES string of the molecule is N#Cc1c(F)cccc1NCCCC[C@H](NC(=O)OCc1ccccc1)C(=O)N1CCSC1. The van der Waals surface area contributed by atoms with Gasteiger partial charge >= 0.3 is 6.09 Å². The summed E-state index contributed by atoms with van der Waals surface area (Å²) in [5, 5.41) is 14.9. The second-order valence-electron chi connectivity index (χ2n) is 7.59. The van der Waals surface area contributed by atoms with E-state index in [0.717, 1.165) is 11.3 Å². The largest absolute Gasteiger partial charge is 0.445 e. The van der Waals surface area contributed by atoms with E-state index < -0.39 is 18.0 Å². The lowest BCUT2D eigenvalue weighted by molar-refractivity contribution is -0.132. The fraction of sp³-hybridized carbons (Fsp3) is 0.375. The van der Waals surface area contributed by atoms with Gasteiger partial charge in [-0.1, -0.05) is 36.4 Å². The number of amides is 2. The number of benzene rings is 2. The summed E-state index contributed by atoms with van der Waals surface area (Å²) in [4.78, 5) is 27.0. The normalized spacial score (nSPS) is 13.8. The van der Waals surface area contributed by atoms with Gasteiger partial charge in [0, 0.05) is 18.8 Å². The molecule has 9 heteroatoms. The third-order valence-corrected chi connectivity index (χ3v) is 6.19. The van der Waals surface area contributed by atoms with Gasteiger partial charge in [-0.3, -0.25) is 4.79 Å². The number of carbonyl (C=O) groups excluding carboxylic acids is 2. The van der Waals surface area contributed by atoms with E-state index in [9.17, 15) is 14.0 Å². The fourth-order valence-corrected chi connectivity index (χ4v) is 4.41. The Morgan fingerprint density at radius 3 is 2.73 bits per heavy atom. The molecule has 1 fully saturated rings. The van der Waals surface area contributed by atoms with Gasteiger partial charge in [-0.05, 0) is 37.0 Å². The monoisotopic (exact) mass is 470 g/mol. The Labute approximate surface area is 197 Å². The summed E-state index contributed by atoms with van der Waals surface area (Å²) >= 11 is 1.68. The zero-order valence-electron chi connectivity index (χ0n) is 18.3. The molecule has 33 heavy (non-hydrogen) atoms. The lowest BCUT2D eigenvalue weighted by Gasteiger charge is -2.23. The molecule has 1 aliphatic heterocycles. The minimum atomic E-state index is -0.671. The molecule has 1 aliphatic rings. The smallest absolute Gasteiger partial charge is 0.408 e. The minimum Gasteiger partial charge on any atom is -0.445 e. The fourth-order valence-electron chi connectivity index (χ4n) is 3.45. The van der Waals surface area contributed by atoms with E-state index in [4.69, 9.17) is 10.00 Å². The topological polar surface area (TPSA) is 94.5 Å². The van der Waals surface area contributed by atoms with Crippen molar-refractivity contribution in [2.45, 2.75) is 31.9 Å². The first-order valence-electron chi connectivity index (χ1n) is 10.8. The van der Waals surface area contributed by atoms with Crippen LogP contribution >= 0.6 is 11.8 Å². The van der Waals surface area contributed by atoms with Crippen molar-refractivity contribution in [2.24, 2.45) is 0 Å². The van der Waals surface area contributed by atoms with Gasteiger partial charge in [0.15, 0.2) is 0 Å². The Kier molecular flexibility index (Phi) is 9.39. The van der Waals surface area contributed by atoms with Crippen LogP contribution in [-0.4, -0.2) is 47.7 Å². The first-order chi connectivity index (χ1) is 16.1. The molecule has 1 atom stereocenters. The number of hydrogen-bond donors (Lipinski definition) is 2. The van der Waals surface area contributed by atoms with E-state index in [1.807, 2.05) is 36.4 Å². The summed E-state index contributed by atoms with van der Waals surface area (Å²) in [6, 6.07) is 15.0. The second-order valence-corrected chi connectivity index (χ2v) is 8.67. The Morgan fingerprint density at radius 2 is 2.00 bits per heavy atom. The highest BCUT2D eigenvalue weighted by atomic mass is 32.2. The molecule has 2 aromatic carbocycles. The zero-order valence-corrected chi connectivity index (χ0v) is 19.1. The van der Waals surface area contributed by atoms with Crippen molar-refractivity contribution in [2.75, 3.05) is 30.0 Å². The number of hydrogen-bond acceptors (Lipinski definition) is 6. The molecule has 1 heterocycles. The van der Waals surface area contributed by atoms with Crippen molar-refractivity contribution in [3.63, 3.8) is 0 Å². The molecular formula is C24H27FN4O3S. The summed E-state index contributed by atoms with van der Waals surface area (Å²) < 4.78 is 19.0. The van der Waals surface area contributed by atoms with Gasteiger partial charge in [-0.2, -0.15) is 5.26 Å². The predicted molar refractivity (Wildman–Crippen MR) is 126 cm³/mol. The zero-order chi connectivity index (χ0) is 23.5. The highest BCUT2D eigenvalue weighted by molar-refractivity contribution is 7.99. The maximum Gasteiger partial charge on any atom is 0.408 e. The summed E-state index contributed by atoms with van der Waals surface area (Å²) in [6.45, 7) is 1.31. The molecule has 0 radical (unpaired) electrons. The third-order valence-electron chi connectivity index (χ3n) is 5.23. The van der Waals surface area contributed by atoms with Crippen molar-refractivity contribution in [1.82, 2.24) is 10.2 Å². The molecule has 7 nitrogen and oxygen atoms in total. The van der Waals surface area contributed by atoms with E-state index in [-0.39, 0.29) is 18.1 Å². The van der Waals surface area contributed by atoms with Gasteiger partial charge in [-0.15, -0.1) is 11.8 Å². The van der Waals surface area contributed by atoms with Crippen LogP contribution in [0.3, 0.4) is 0 Å². The highest BCUT2D eigenvalue weighted by Crippen LogP contribution is 2.19. The maximum atomic E-state index is 13.7. The van der Waals surface area contributed by atoms with Crippen molar-refractivity contribution < 1.29 is 18.7 Å². The van der Waals surface area contributed by atoms with Crippen LogP contribution in [-0.2, 0) is 16.1 Å². The molecule has 174 valence electrons. The maximum absolute atomic E-state index is 13.7. The van der Waals surface area contributed by atoms with Crippen LogP contribution in [0.15, 0.2) is 48.5 Å². The summed E-state index contributed by atoms with van der Waals surface area (Å²) in [7, 11) is 0. The molecule has 2 N–H and O–H groups in total. The van der Waals surface area contributed by atoms with E-state index in [1.54, 1.807) is 28.8 Å². The Balaban J connectivity index is 1.49. The van der Waals surface area contributed by atoms with Crippen LogP contribution in [0, 0.1) is 17.1 Å². The van der Waals surface area contributed by atoms with Crippen LogP contribution in [0.25, 0.3) is 0 Å². The minimum absolute atomic E-state index is 0.0140. The lowest BCUT2D eigenvalue weighted by atomic mass is 10.1. The lowest BCUT2D eigenvalue weighted by Crippen LogP contribution is -2.47.